The third kappa shape index (κ3) is 3.86. The molecule has 4 rings (SSSR count). The molecule has 3 aromatic rings. The number of aliphatic hydroxyl groups excluding tert-OH is 1. The maximum atomic E-state index is 12.2. The second kappa shape index (κ2) is 8.38. The van der Waals surface area contributed by atoms with Crippen molar-refractivity contribution in [2.24, 2.45) is 0 Å². The molecule has 1 saturated carbocycles. The number of benzene rings is 1. The van der Waals surface area contributed by atoms with Gasteiger partial charge in [0.05, 0.1) is 12.7 Å². The molecule has 7 heteroatoms. The van der Waals surface area contributed by atoms with Gasteiger partial charge in [-0.1, -0.05) is 37.1 Å². The van der Waals surface area contributed by atoms with E-state index < -0.39 is 17.4 Å². The SMILES string of the molecule is CNC(O)c1nn(CC2(c3ccc(-c4ccncc4)cc3)CCCC2)cc(O)c1=O. The Hall–Kier alpha value is -3.03. The minimum Gasteiger partial charge on any atom is -0.503 e. The van der Waals surface area contributed by atoms with E-state index in [9.17, 15) is 15.0 Å². The molecule has 1 aliphatic carbocycles. The molecule has 2 heterocycles. The zero-order chi connectivity index (χ0) is 21.1. The number of aliphatic hydroxyl groups is 1. The van der Waals surface area contributed by atoms with Gasteiger partial charge < -0.3 is 10.2 Å². The van der Waals surface area contributed by atoms with Crippen molar-refractivity contribution in [2.45, 2.75) is 43.9 Å². The van der Waals surface area contributed by atoms with Crippen LogP contribution in [0.5, 0.6) is 5.75 Å². The molecular weight excluding hydrogens is 380 g/mol. The Morgan fingerprint density at radius 1 is 1.10 bits per heavy atom. The molecule has 1 atom stereocenters. The quantitative estimate of drug-likeness (QED) is 0.544. The van der Waals surface area contributed by atoms with Gasteiger partial charge in [-0.3, -0.25) is 19.8 Å². The highest BCUT2D eigenvalue weighted by Gasteiger charge is 2.36. The lowest BCUT2D eigenvalue weighted by atomic mass is 9.78. The Kier molecular flexibility index (Phi) is 5.65. The molecule has 1 aromatic carbocycles. The van der Waals surface area contributed by atoms with E-state index in [-0.39, 0.29) is 11.1 Å². The third-order valence-corrected chi connectivity index (χ3v) is 6.04. The summed E-state index contributed by atoms with van der Waals surface area (Å²) < 4.78 is 1.59. The Labute approximate surface area is 175 Å². The Balaban J connectivity index is 1.67. The van der Waals surface area contributed by atoms with Crippen LogP contribution in [-0.2, 0) is 12.0 Å². The molecule has 1 fully saturated rings. The van der Waals surface area contributed by atoms with Crippen molar-refractivity contribution in [3.63, 3.8) is 0 Å². The summed E-state index contributed by atoms with van der Waals surface area (Å²) in [7, 11) is 1.53. The maximum Gasteiger partial charge on any atom is 0.248 e. The van der Waals surface area contributed by atoms with Crippen LogP contribution in [0.2, 0.25) is 0 Å². The van der Waals surface area contributed by atoms with Crippen molar-refractivity contribution >= 4 is 0 Å². The summed E-state index contributed by atoms with van der Waals surface area (Å²) in [5.74, 6) is -0.407. The number of pyridine rings is 1. The van der Waals surface area contributed by atoms with E-state index in [4.69, 9.17) is 0 Å². The van der Waals surface area contributed by atoms with Crippen LogP contribution in [0.4, 0.5) is 0 Å². The van der Waals surface area contributed by atoms with Crippen molar-refractivity contribution < 1.29 is 10.2 Å². The topological polar surface area (TPSA) is 100 Å². The van der Waals surface area contributed by atoms with Gasteiger partial charge in [0.15, 0.2) is 17.7 Å². The first kappa shape index (κ1) is 20.3. The van der Waals surface area contributed by atoms with E-state index in [0.29, 0.717) is 6.54 Å². The predicted octanol–water partition coefficient (Wildman–Crippen LogP) is 2.73. The standard InChI is InChI=1S/C23H26N4O3/c1-24-22(30)20-21(29)19(28)14-27(26-20)15-23(10-2-3-11-23)18-6-4-16(5-7-18)17-8-12-25-13-9-17/h4-9,12-14,22,24,28,30H,2-3,10-11,15H2,1H3. The summed E-state index contributed by atoms with van der Waals surface area (Å²) in [6.07, 6.45) is 7.93. The summed E-state index contributed by atoms with van der Waals surface area (Å²) in [6.45, 7) is 0.527. The lowest BCUT2D eigenvalue weighted by molar-refractivity contribution is 0.139. The minimum absolute atomic E-state index is 0.0984. The fourth-order valence-corrected chi connectivity index (χ4v) is 4.40. The number of rotatable bonds is 6. The van der Waals surface area contributed by atoms with E-state index >= 15 is 0 Å². The second-order valence-electron chi connectivity index (χ2n) is 7.92. The normalized spacial score (nSPS) is 16.5. The van der Waals surface area contributed by atoms with Crippen LogP contribution in [0.15, 0.2) is 59.8 Å². The number of aromatic nitrogens is 3. The summed E-state index contributed by atoms with van der Waals surface area (Å²) in [4.78, 5) is 16.2. The van der Waals surface area contributed by atoms with Crippen LogP contribution in [-0.4, -0.2) is 32.0 Å². The fourth-order valence-electron chi connectivity index (χ4n) is 4.40. The third-order valence-electron chi connectivity index (χ3n) is 6.04. The molecule has 156 valence electrons. The summed E-state index contributed by atoms with van der Waals surface area (Å²) >= 11 is 0. The molecule has 0 radical (unpaired) electrons. The maximum absolute atomic E-state index is 12.2. The fraction of sp³-hybridized carbons (Fsp3) is 0.348. The van der Waals surface area contributed by atoms with Crippen LogP contribution >= 0.6 is 0 Å². The zero-order valence-corrected chi connectivity index (χ0v) is 17.0. The van der Waals surface area contributed by atoms with Gasteiger partial charge in [-0.25, -0.2) is 0 Å². The molecule has 3 N–H and O–H groups in total. The first-order valence-corrected chi connectivity index (χ1v) is 10.2. The van der Waals surface area contributed by atoms with E-state index in [1.54, 1.807) is 17.1 Å². The van der Waals surface area contributed by atoms with Gasteiger partial charge in [0, 0.05) is 17.8 Å². The van der Waals surface area contributed by atoms with Crippen LogP contribution in [0, 0.1) is 0 Å². The molecule has 2 aromatic heterocycles. The smallest absolute Gasteiger partial charge is 0.248 e. The zero-order valence-electron chi connectivity index (χ0n) is 17.0. The molecule has 0 bridgehead atoms. The van der Waals surface area contributed by atoms with E-state index in [2.05, 4.69) is 39.7 Å². The highest BCUT2D eigenvalue weighted by Crippen LogP contribution is 2.43. The summed E-state index contributed by atoms with van der Waals surface area (Å²) in [5.41, 5.74) is 2.58. The number of nitrogens with one attached hydrogen (secondary N) is 1. The molecule has 7 nitrogen and oxygen atoms in total. The number of aromatic hydroxyl groups is 1. The Morgan fingerprint density at radius 2 is 1.73 bits per heavy atom. The highest BCUT2D eigenvalue weighted by atomic mass is 16.3. The van der Waals surface area contributed by atoms with Gasteiger partial charge in [0.25, 0.3) is 0 Å². The first-order valence-electron chi connectivity index (χ1n) is 10.2. The second-order valence-corrected chi connectivity index (χ2v) is 7.92. The van der Waals surface area contributed by atoms with Crippen molar-refractivity contribution in [3.05, 3.63) is 76.5 Å². The molecule has 1 unspecified atom stereocenters. The number of hydrogen-bond donors (Lipinski definition) is 3. The number of hydrogen-bond acceptors (Lipinski definition) is 6. The van der Waals surface area contributed by atoms with Gasteiger partial charge in [0.1, 0.15) is 0 Å². The van der Waals surface area contributed by atoms with E-state index in [1.165, 1.54) is 18.8 Å². The molecule has 1 aliphatic rings. The van der Waals surface area contributed by atoms with Crippen LogP contribution in [0.25, 0.3) is 11.1 Å². The van der Waals surface area contributed by atoms with Gasteiger partial charge >= 0.3 is 0 Å². The van der Waals surface area contributed by atoms with Crippen molar-refractivity contribution in [2.75, 3.05) is 7.05 Å². The monoisotopic (exact) mass is 406 g/mol. The Bertz CT molecular complexity index is 1060. The average molecular weight is 406 g/mol. The van der Waals surface area contributed by atoms with Crippen molar-refractivity contribution in [1.82, 2.24) is 20.1 Å². The van der Waals surface area contributed by atoms with Gasteiger partial charge in [-0.2, -0.15) is 5.10 Å². The van der Waals surface area contributed by atoms with E-state index in [1.807, 2.05) is 12.1 Å². The number of nitrogens with zero attached hydrogens (tertiary/aromatic N) is 3. The summed E-state index contributed by atoms with van der Waals surface area (Å²) in [5, 5.41) is 27.1. The van der Waals surface area contributed by atoms with Gasteiger partial charge in [-0.15, -0.1) is 0 Å². The highest BCUT2D eigenvalue weighted by molar-refractivity contribution is 5.63. The predicted molar refractivity (Wildman–Crippen MR) is 114 cm³/mol. The molecular formula is C23H26N4O3. The first-order chi connectivity index (χ1) is 14.5. The molecule has 0 saturated heterocycles. The molecule has 0 amide bonds. The van der Waals surface area contributed by atoms with Crippen molar-refractivity contribution in [1.29, 1.82) is 0 Å². The average Bonchev–Trinajstić information content (AvgIpc) is 3.26. The van der Waals surface area contributed by atoms with Crippen molar-refractivity contribution in [3.8, 4) is 16.9 Å². The lowest BCUT2D eigenvalue weighted by Crippen LogP contribution is -2.32. The molecule has 0 spiro atoms. The van der Waals surface area contributed by atoms with Gasteiger partial charge in [-0.05, 0) is 48.7 Å². The molecule has 30 heavy (non-hydrogen) atoms. The summed E-state index contributed by atoms with van der Waals surface area (Å²) in [6, 6.07) is 12.5. The van der Waals surface area contributed by atoms with Gasteiger partial charge in [0.2, 0.25) is 5.43 Å². The molecule has 0 aliphatic heterocycles. The minimum atomic E-state index is -1.23. The van der Waals surface area contributed by atoms with E-state index in [0.717, 1.165) is 36.8 Å². The Morgan fingerprint density at radius 3 is 2.37 bits per heavy atom. The lowest BCUT2D eigenvalue weighted by Gasteiger charge is -2.30. The largest absolute Gasteiger partial charge is 0.503 e. The van der Waals surface area contributed by atoms with Crippen LogP contribution < -0.4 is 10.7 Å². The van der Waals surface area contributed by atoms with Crippen LogP contribution in [0.3, 0.4) is 0 Å². The van der Waals surface area contributed by atoms with Crippen LogP contribution in [0.1, 0.15) is 43.2 Å².